The molecule has 0 rings (SSSR count). The van der Waals surface area contributed by atoms with Crippen molar-refractivity contribution in [3.05, 3.63) is 0 Å². The largest absolute Gasteiger partial charge is 0.481 e. The molecule has 0 aromatic rings. The van der Waals surface area contributed by atoms with Gasteiger partial charge in [0.05, 0.1) is 19.8 Å². The van der Waals surface area contributed by atoms with Crippen LogP contribution in [0, 0.1) is 0 Å². The number of hydrogen-bond acceptors (Lipinski definition) is 10. The van der Waals surface area contributed by atoms with Gasteiger partial charge < -0.3 is 51.6 Å². The van der Waals surface area contributed by atoms with Gasteiger partial charge in [-0.15, -0.1) is 0 Å². The quantitative estimate of drug-likeness (QED) is 0.0628. The second-order valence-corrected chi connectivity index (χ2v) is 7.83. The molecule has 3 atom stereocenters. The first-order valence-electron chi connectivity index (χ1n) is 11.5. The zero-order valence-electron chi connectivity index (χ0n) is 20.6. The maximum atomic E-state index is 12.7. The number of amides is 3. The predicted octanol–water partition coefficient (Wildman–Crippen LogP) is -2.89. The van der Waals surface area contributed by atoms with Crippen LogP contribution >= 0.6 is 0 Å². The summed E-state index contributed by atoms with van der Waals surface area (Å²) in [5.74, 6) is -8.26. The van der Waals surface area contributed by atoms with Gasteiger partial charge in [-0.3, -0.25) is 24.0 Å². The van der Waals surface area contributed by atoms with Gasteiger partial charge in [0.15, 0.2) is 0 Å². The molecule has 0 saturated carbocycles. The van der Waals surface area contributed by atoms with Crippen molar-refractivity contribution in [1.29, 1.82) is 0 Å². The van der Waals surface area contributed by atoms with Crippen LogP contribution in [0.4, 0.5) is 0 Å². The summed E-state index contributed by atoms with van der Waals surface area (Å²) >= 11 is 0. The minimum atomic E-state index is -1.60. The van der Waals surface area contributed by atoms with E-state index >= 15 is 0 Å². The number of ether oxygens (including phenoxy) is 2. The molecule has 38 heavy (non-hydrogen) atoms. The highest BCUT2D eigenvalue weighted by Crippen LogP contribution is 2.05. The van der Waals surface area contributed by atoms with E-state index in [9.17, 15) is 38.7 Å². The fourth-order valence-electron chi connectivity index (χ4n) is 2.84. The Kier molecular flexibility index (Phi) is 17.4. The summed E-state index contributed by atoms with van der Waals surface area (Å²) in [6, 6.07) is -4.59. The standard InChI is InChI=1S/C21H34N4O13/c22-7-8-37-9-10-38-11-16(27)23-12(19(32)25-14(21(35)36)3-6-18(30)31)1-4-15(26)24-13(20(33)34)2-5-17(28)29/h12-14H,1-11,22H2,(H,23,27)(H,24,26)(H,25,32)(H,28,29)(H,30,31)(H,33,34)(H,35,36). The Labute approximate surface area is 217 Å². The van der Waals surface area contributed by atoms with Gasteiger partial charge in [-0.1, -0.05) is 0 Å². The van der Waals surface area contributed by atoms with Crippen molar-refractivity contribution in [2.45, 2.75) is 56.7 Å². The van der Waals surface area contributed by atoms with Crippen LogP contribution in [0.25, 0.3) is 0 Å². The highest BCUT2D eigenvalue weighted by Gasteiger charge is 2.28. The second-order valence-electron chi connectivity index (χ2n) is 7.83. The molecule has 0 spiro atoms. The zero-order chi connectivity index (χ0) is 29.1. The summed E-state index contributed by atoms with van der Waals surface area (Å²) in [6.45, 7) is 0.230. The lowest BCUT2D eigenvalue weighted by molar-refractivity contribution is -0.144. The van der Waals surface area contributed by atoms with Crippen molar-refractivity contribution < 1.29 is 63.5 Å². The molecule has 0 aromatic carbocycles. The third-order valence-corrected chi connectivity index (χ3v) is 4.72. The van der Waals surface area contributed by atoms with Crippen LogP contribution in [-0.4, -0.2) is 113 Å². The molecule has 0 aliphatic carbocycles. The lowest BCUT2D eigenvalue weighted by atomic mass is 10.1. The van der Waals surface area contributed by atoms with Crippen molar-refractivity contribution in [1.82, 2.24) is 16.0 Å². The normalized spacial score (nSPS) is 13.0. The smallest absolute Gasteiger partial charge is 0.326 e. The van der Waals surface area contributed by atoms with Crippen LogP contribution in [0.3, 0.4) is 0 Å². The minimum absolute atomic E-state index is 0.0237. The Bertz CT molecular complexity index is 836. The van der Waals surface area contributed by atoms with Crippen LogP contribution < -0.4 is 21.7 Å². The SMILES string of the molecule is NCCOCCOCC(=O)NC(CCC(=O)NC(CCC(=O)O)C(=O)O)C(=O)NC(CCC(=O)O)C(=O)O. The molecule has 3 amide bonds. The molecule has 216 valence electrons. The van der Waals surface area contributed by atoms with Crippen molar-refractivity contribution >= 4 is 41.6 Å². The van der Waals surface area contributed by atoms with Crippen molar-refractivity contribution in [2.24, 2.45) is 5.73 Å². The molecule has 0 aliphatic heterocycles. The molecular weight excluding hydrogens is 516 g/mol. The minimum Gasteiger partial charge on any atom is -0.481 e. The van der Waals surface area contributed by atoms with E-state index in [0.717, 1.165) is 0 Å². The van der Waals surface area contributed by atoms with Crippen LogP contribution in [-0.2, 0) is 43.0 Å². The number of carbonyl (C=O) groups is 7. The molecule has 0 aromatic heterocycles. The number of carbonyl (C=O) groups excluding carboxylic acids is 3. The predicted molar refractivity (Wildman–Crippen MR) is 125 cm³/mol. The van der Waals surface area contributed by atoms with Crippen molar-refractivity contribution in [2.75, 3.05) is 33.0 Å². The Morgan fingerprint density at radius 1 is 0.605 bits per heavy atom. The number of hydrogen-bond donors (Lipinski definition) is 8. The van der Waals surface area contributed by atoms with Gasteiger partial charge in [-0.2, -0.15) is 0 Å². The summed E-state index contributed by atoms with van der Waals surface area (Å²) in [7, 11) is 0. The van der Waals surface area contributed by atoms with Gasteiger partial charge in [-0.05, 0) is 19.3 Å². The fraction of sp³-hybridized carbons (Fsp3) is 0.667. The van der Waals surface area contributed by atoms with Gasteiger partial charge in [0.2, 0.25) is 17.7 Å². The molecule has 17 heteroatoms. The number of aliphatic carboxylic acids is 4. The highest BCUT2D eigenvalue weighted by atomic mass is 16.5. The first-order chi connectivity index (χ1) is 17.9. The van der Waals surface area contributed by atoms with E-state index < -0.39 is 105 Å². The third kappa shape index (κ3) is 16.8. The monoisotopic (exact) mass is 550 g/mol. The molecule has 0 saturated heterocycles. The van der Waals surface area contributed by atoms with Gasteiger partial charge in [0, 0.05) is 25.8 Å². The van der Waals surface area contributed by atoms with E-state index in [-0.39, 0.29) is 19.8 Å². The molecule has 0 aliphatic rings. The summed E-state index contributed by atoms with van der Waals surface area (Å²) in [5.41, 5.74) is 5.26. The molecule has 0 bridgehead atoms. The van der Waals surface area contributed by atoms with Gasteiger partial charge in [0.1, 0.15) is 24.7 Å². The van der Waals surface area contributed by atoms with Crippen LogP contribution in [0.5, 0.6) is 0 Å². The number of nitrogens with two attached hydrogens (primary N) is 1. The maximum Gasteiger partial charge on any atom is 0.326 e. The summed E-state index contributed by atoms with van der Waals surface area (Å²) in [6.07, 6.45) is -2.85. The number of rotatable bonds is 22. The Morgan fingerprint density at radius 2 is 1.08 bits per heavy atom. The van der Waals surface area contributed by atoms with Crippen LogP contribution in [0.2, 0.25) is 0 Å². The first-order valence-corrected chi connectivity index (χ1v) is 11.5. The summed E-state index contributed by atoms with van der Waals surface area (Å²) in [4.78, 5) is 81.3. The van der Waals surface area contributed by atoms with Crippen molar-refractivity contribution in [3.63, 3.8) is 0 Å². The third-order valence-electron chi connectivity index (χ3n) is 4.72. The van der Waals surface area contributed by atoms with Gasteiger partial charge in [0.25, 0.3) is 0 Å². The molecule has 0 fully saturated rings. The van der Waals surface area contributed by atoms with E-state index in [1.54, 1.807) is 0 Å². The molecule has 0 heterocycles. The summed E-state index contributed by atoms with van der Waals surface area (Å²) in [5, 5.41) is 42.4. The van der Waals surface area contributed by atoms with Gasteiger partial charge in [-0.25, -0.2) is 9.59 Å². The van der Waals surface area contributed by atoms with E-state index in [0.29, 0.717) is 6.54 Å². The average Bonchev–Trinajstić information content (AvgIpc) is 2.83. The topological polar surface area (TPSA) is 281 Å². The average molecular weight is 551 g/mol. The molecule has 0 radical (unpaired) electrons. The van der Waals surface area contributed by atoms with E-state index in [4.69, 9.17) is 30.5 Å². The van der Waals surface area contributed by atoms with Crippen molar-refractivity contribution in [3.8, 4) is 0 Å². The summed E-state index contributed by atoms with van der Waals surface area (Å²) < 4.78 is 10.2. The lowest BCUT2D eigenvalue weighted by Crippen LogP contribution is -2.52. The number of carboxylic acids is 4. The van der Waals surface area contributed by atoms with Gasteiger partial charge >= 0.3 is 23.9 Å². The van der Waals surface area contributed by atoms with Crippen LogP contribution in [0.15, 0.2) is 0 Å². The molecule has 3 unspecified atom stereocenters. The Hall–Kier alpha value is -3.83. The highest BCUT2D eigenvalue weighted by molar-refractivity contribution is 5.91. The lowest BCUT2D eigenvalue weighted by Gasteiger charge is -2.21. The first kappa shape index (κ1) is 34.2. The van der Waals surface area contributed by atoms with E-state index in [2.05, 4.69) is 16.0 Å². The Morgan fingerprint density at radius 3 is 1.58 bits per heavy atom. The number of nitrogens with one attached hydrogen (secondary N) is 3. The molecular formula is C21H34N4O13. The van der Waals surface area contributed by atoms with E-state index in [1.807, 2.05) is 0 Å². The second kappa shape index (κ2) is 19.3. The number of carboxylic acid groups (broad SMARTS) is 4. The maximum absolute atomic E-state index is 12.7. The fourth-order valence-corrected chi connectivity index (χ4v) is 2.84. The van der Waals surface area contributed by atoms with Crippen LogP contribution in [0.1, 0.15) is 38.5 Å². The molecule has 9 N–H and O–H groups in total. The molecule has 17 nitrogen and oxygen atoms in total. The van der Waals surface area contributed by atoms with E-state index in [1.165, 1.54) is 0 Å². The zero-order valence-corrected chi connectivity index (χ0v) is 20.6. The Balaban J connectivity index is 5.23.